The zero-order valence-corrected chi connectivity index (χ0v) is 25.2. The maximum absolute atomic E-state index is 13.0. The van der Waals surface area contributed by atoms with Gasteiger partial charge in [-0.1, -0.05) is 54.6 Å². The zero-order chi connectivity index (χ0) is 28.1. The second-order valence-corrected chi connectivity index (χ2v) is 11.3. The van der Waals surface area contributed by atoms with Crippen molar-refractivity contribution in [2.45, 2.75) is 20.5 Å². The van der Waals surface area contributed by atoms with Crippen LogP contribution in [0.2, 0.25) is 0 Å². The van der Waals surface area contributed by atoms with Crippen LogP contribution in [0.15, 0.2) is 83.8 Å². The van der Waals surface area contributed by atoms with E-state index in [0.29, 0.717) is 35.4 Å². The van der Waals surface area contributed by atoms with Gasteiger partial charge in [0, 0.05) is 0 Å². The molecular weight excluding hydrogens is 637 g/mol. The Morgan fingerprint density at radius 1 is 0.925 bits per heavy atom. The minimum absolute atomic E-state index is 0.179. The minimum Gasteiger partial charge on any atom is -0.492 e. The van der Waals surface area contributed by atoms with E-state index in [-0.39, 0.29) is 24.3 Å². The monoisotopic (exact) mass is 665 g/mol. The molecular formula is C32H28INO5S. The molecule has 1 fully saturated rings. The Kier molecular flexibility index (Phi) is 8.96. The molecule has 4 aromatic carbocycles. The van der Waals surface area contributed by atoms with Gasteiger partial charge >= 0.3 is 0 Å². The van der Waals surface area contributed by atoms with Crippen molar-refractivity contribution in [1.29, 1.82) is 0 Å². The van der Waals surface area contributed by atoms with E-state index in [1.165, 1.54) is 4.90 Å². The standard InChI is InChI=1S/C32H28INO5S/c1-3-37-28-18-22(17-27(33)30(28)39-20-24-11-7-10-23-9-4-5-13-26(23)24)19-29-31(35)34(32(36)40-29)14-15-38-25-12-6-8-21(2)16-25/h4-13,16-19H,3,14-15,20H2,1-2H3/b29-19-. The van der Waals surface area contributed by atoms with E-state index in [1.807, 2.05) is 68.4 Å². The summed E-state index contributed by atoms with van der Waals surface area (Å²) in [4.78, 5) is 27.2. The number of thioether (sulfide) groups is 1. The van der Waals surface area contributed by atoms with Crippen molar-refractivity contribution in [2.24, 2.45) is 0 Å². The molecule has 0 radical (unpaired) electrons. The van der Waals surface area contributed by atoms with E-state index >= 15 is 0 Å². The number of rotatable bonds is 10. The van der Waals surface area contributed by atoms with E-state index in [0.717, 1.165) is 42.8 Å². The van der Waals surface area contributed by atoms with Crippen LogP contribution in [0.25, 0.3) is 16.8 Å². The molecule has 5 rings (SSSR count). The van der Waals surface area contributed by atoms with Gasteiger partial charge in [-0.2, -0.15) is 0 Å². The second kappa shape index (κ2) is 12.8. The van der Waals surface area contributed by atoms with Crippen LogP contribution >= 0.6 is 34.4 Å². The lowest BCUT2D eigenvalue weighted by Gasteiger charge is -2.16. The summed E-state index contributed by atoms with van der Waals surface area (Å²) < 4.78 is 18.8. The highest BCUT2D eigenvalue weighted by Gasteiger charge is 2.35. The maximum atomic E-state index is 13.0. The number of hydrogen-bond donors (Lipinski definition) is 0. The molecule has 204 valence electrons. The number of carbonyl (C=O) groups is 2. The number of imide groups is 1. The number of fused-ring (bicyclic) bond motifs is 1. The fourth-order valence-corrected chi connectivity index (χ4v) is 6.09. The highest BCUT2D eigenvalue weighted by molar-refractivity contribution is 14.1. The first-order valence-corrected chi connectivity index (χ1v) is 14.8. The SMILES string of the molecule is CCOc1cc(/C=C2\SC(=O)N(CCOc3cccc(C)c3)C2=O)cc(I)c1OCc1cccc2ccccc12. The third kappa shape index (κ3) is 6.45. The topological polar surface area (TPSA) is 65.1 Å². The molecule has 0 bridgehead atoms. The summed E-state index contributed by atoms with van der Waals surface area (Å²) in [5.41, 5.74) is 2.92. The summed E-state index contributed by atoms with van der Waals surface area (Å²) in [5, 5.41) is 2.00. The van der Waals surface area contributed by atoms with Crippen LogP contribution in [-0.4, -0.2) is 35.8 Å². The summed E-state index contributed by atoms with van der Waals surface area (Å²) in [6.07, 6.45) is 1.73. The van der Waals surface area contributed by atoms with Gasteiger partial charge < -0.3 is 14.2 Å². The van der Waals surface area contributed by atoms with Crippen LogP contribution in [0.3, 0.4) is 0 Å². The van der Waals surface area contributed by atoms with Gasteiger partial charge in [-0.05, 0) is 106 Å². The smallest absolute Gasteiger partial charge is 0.293 e. The summed E-state index contributed by atoms with van der Waals surface area (Å²) in [6.45, 7) is 5.15. The molecule has 1 aliphatic heterocycles. The highest BCUT2D eigenvalue weighted by Crippen LogP contribution is 2.38. The summed E-state index contributed by atoms with van der Waals surface area (Å²) in [7, 11) is 0. The fraction of sp³-hybridized carbons (Fsp3) is 0.188. The summed E-state index contributed by atoms with van der Waals surface area (Å²) in [6, 6.07) is 25.8. The number of hydrogen-bond acceptors (Lipinski definition) is 6. The number of nitrogens with zero attached hydrogens (tertiary/aromatic N) is 1. The normalized spacial score (nSPS) is 14.3. The lowest BCUT2D eigenvalue weighted by molar-refractivity contribution is -0.123. The van der Waals surface area contributed by atoms with E-state index in [2.05, 4.69) is 46.9 Å². The van der Waals surface area contributed by atoms with Gasteiger partial charge in [-0.25, -0.2) is 0 Å². The molecule has 1 saturated heterocycles. The second-order valence-electron chi connectivity index (χ2n) is 9.19. The maximum Gasteiger partial charge on any atom is 0.293 e. The molecule has 8 heteroatoms. The molecule has 40 heavy (non-hydrogen) atoms. The first kappa shape index (κ1) is 28.0. The molecule has 4 aromatic rings. The molecule has 1 aliphatic rings. The van der Waals surface area contributed by atoms with Gasteiger partial charge in [0.2, 0.25) is 0 Å². The van der Waals surface area contributed by atoms with E-state index in [9.17, 15) is 9.59 Å². The number of benzene rings is 4. The number of carbonyl (C=O) groups excluding carboxylic acids is 2. The molecule has 0 N–H and O–H groups in total. The van der Waals surface area contributed by atoms with Crippen molar-refractivity contribution in [1.82, 2.24) is 4.90 Å². The molecule has 2 amide bonds. The van der Waals surface area contributed by atoms with E-state index < -0.39 is 0 Å². The molecule has 0 atom stereocenters. The largest absolute Gasteiger partial charge is 0.492 e. The van der Waals surface area contributed by atoms with Crippen molar-refractivity contribution >= 4 is 62.3 Å². The third-order valence-electron chi connectivity index (χ3n) is 6.33. The lowest BCUT2D eigenvalue weighted by Crippen LogP contribution is -2.32. The van der Waals surface area contributed by atoms with Gasteiger partial charge in [0.15, 0.2) is 11.5 Å². The molecule has 0 saturated carbocycles. The van der Waals surface area contributed by atoms with Crippen molar-refractivity contribution in [3.05, 3.63) is 104 Å². The number of amides is 2. The van der Waals surface area contributed by atoms with Crippen LogP contribution in [0.1, 0.15) is 23.6 Å². The third-order valence-corrected chi connectivity index (χ3v) is 8.04. The Balaban J connectivity index is 1.30. The Morgan fingerprint density at radius 3 is 2.55 bits per heavy atom. The summed E-state index contributed by atoms with van der Waals surface area (Å²) >= 11 is 3.15. The molecule has 0 aromatic heterocycles. The van der Waals surface area contributed by atoms with Crippen LogP contribution in [-0.2, 0) is 11.4 Å². The molecule has 0 aliphatic carbocycles. The van der Waals surface area contributed by atoms with Gasteiger partial charge in [0.25, 0.3) is 11.1 Å². The van der Waals surface area contributed by atoms with Crippen molar-refractivity contribution in [2.75, 3.05) is 19.8 Å². The number of aryl methyl sites for hydroxylation is 1. The van der Waals surface area contributed by atoms with Gasteiger partial charge in [0.1, 0.15) is 19.0 Å². The van der Waals surface area contributed by atoms with Crippen molar-refractivity contribution < 1.29 is 23.8 Å². The van der Waals surface area contributed by atoms with Gasteiger partial charge in [-0.3, -0.25) is 14.5 Å². The molecule has 6 nitrogen and oxygen atoms in total. The van der Waals surface area contributed by atoms with Crippen LogP contribution in [0.4, 0.5) is 4.79 Å². The Hall–Kier alpha value is -3.50. The van der Waals surface area contributed by atoms with Crippen LogP contribution in [0, 0.1) is 10.5 Å². The van der Waals surface area contributed by atoms with Crippen LogP contribution < -0.4 is 14.2 Å². The average molecular weight is 666 g/mol. The lowest BCUT2D eigenvalue weighted by atomic mass is 10.1. The molecule has 0 spiro atoms. The van der Waals surface area contributed by atoms with Crippen molar-refractivity contribution in [3.8, 4) is 17.2 Å². The fourth-order valence-electron chi connectivity index (χ4n) is 4.45. The number of halogens is 1. The Morgan fingerprint density at radius 2 is 1.73 bits per heavy atom. The number of ether oxygens (including phenoxy) is 3. The predicted molar refractivity (Wildman–Crippen MR) is 168 cm³/mol. The van der Waals surface area contributed by atoms with E-state index in [4.69, 9.17) is 14.2 Å². The Labute approximate surface area is 251 Å². The molecule has 1 heterocycles. The predicted octanol–water partition coefficient (Wildman–Crippen LogP) is 7.85. The zero-order valence-electron chi connectivity index (χ0n) is 22.2. The summed E-state index contributed by atoms with van der Waals surface area (Å²) in [5.74, 6) is 1.62. The highest BCUT2D eigenvalue weighted by atomic mass is 127. The molecule has 0 unspecified atom stereocenters. The minimum atomic E-state index is -0.327. The van der Waals surface area contributed by atoms with E-state index in [1.54, 1.807) is 6.08 Å². The van der Waals surface area contributed by atoms with Crippen LogP contribution in [0.5, 0.6) is 17.2 Å². The quantitative estimate of drug-likeness (QED) is 0.127. The van der Waals surface area contributed by atoms with Gasteiger partial charge in [0.05, 0.1) is 21.6 Å². The average Bonchev–Trinajstić information content (AvgIpc) is 3.20. The Bertz CT molecular complexity index is 1600. The van der Waals surface area contributed by atoms with Crippen molar-refractivity contribution in [3.63, 3.8) is 0 Å². The first-order chi connectivity index (χ1) is 19.4. The first-order valence-electron chi connectivity index (χ1n) is 12.9. The van der Waals surface area contributed by atoms with Gasteiger partial charge in [-0.15, -0.1) is 0 Å².